The molecule has 0 aliphatic carbocycles. The highest BCUT2D eigenvalue weighted by molar-refractivity contribution is 7.93. The molecule has 11 heavy (non-hydrogen) atoms. The minimum absolute atomic E-state index is 0.0948. The van der Waals surface area contributed by atoms with Gasteiger partial charge in [0.15, 0.2) is 0 Å². The summed E-state index contributed by atoms with van der Waals surface area (Å²) in [5.74, 6) is 0. The molecule has 0 amide bonds. The van der Waals surface area contributed by atoms with Crippen LogP contribution in [0.3, 0.4) is 0 Å². The van der Waals surface area contributed by atoms with Gasteiger partial charge in [0.05, 0.1) is 4.91 Å². The van der Waals surface area contributed by atoms with E-state index in [0.29, 0.717) is 0 Å². The van der Waals surface area contributed by atoms with E-state index < -0.39 is 10.0 Å². The Balaban J connectivity index is 4.74. The zero-order valence-electron chi connectivity index (χ0n) is 6.32. The molecular weight excluding hydrogens is 162 g/mol. The van der Waals surface area contributed by atoms with Crippen LogP contribution in [0.4, 0.5) is 0 Å². The molecule has 0 bridgehead atoms. The lowest BCUT2D eigenvalue weighted by molar-refractivity contribution is 0.604. The van der Waals surface area contributed by atoms with Crippen LogP contribution in [0.15, 0.2) is 35.8 Å². The Morgan fingerprint density at radius 3 is 2.36 bits per heavy atom. The first-order valence-electron chi connectivity index (χ1n) is 3.00. The summed E-state index contributed by atoms with van der Waals surface area (Å²) >= 11 is 0. The normalized spacial score (nSPS) is 13.8. The molecule has 0 radical (unpaired) electrons. The number of hydrogen-bond acceptors (Lipinski definition) is 2. The molecule has 4 heteroatoms. The van der Waals surface area contributed by atoms with Crippen molar-refractivity contribution in [2.45, 2.75) is 6.92 Å². The maximum absolute atomic E-state index is 10.7. The molecule has 0 saturated heterocycles. The van der Waals surface area contributed by atoms with Crippen LogP contribution in [0.5, 0.6) is 0 Å². The van der Waals surface area contributed by atoms with Gasteiger partial charge in [-0.1, -0.05) is 24.8 Å². The summed E-state index contributed by atoms with van der Waals surface area (Å²) in [6.07, 6.45) is 5.81. The fourth-order valence-electron chi connectivity index (χ4n) is 0.518. The van der Waals surface area contributed by atoms with E-state index in [9.17, 15) is 8.42 Å². The van der Waals surface area contributed by atoms with Gasteiger partial charge >= 0.3 is 0 Å². The number of nitrogens with two attached hydrogens (primary N) is 1. The molecule has 0 heterocycles. The van der Waals surface area contributed by atoms with E-state index in [1.807, 2.05) is 0 Å². The van der Waals surface area contributed by atoms with Gasteiger partial charge in [0, 0.05) is 0 Å². The second-order valence-electron chi connectivity index (χ2n) is 1.83. The predicted molar refractivity (Wildman–Crippen MR) is 46.2 cm³/mol. The van der Waals surface area contributed by atoms with E-state index in [1.54, 1.807) is 6.92 Å². The summed E-state index contributed by atoms with van der Waals surface area (Å²) in [6, 6.07) is 0. The molecule has 0 aromatic carbocycles. The van der Waals surface area contributed by atoms with Crippen LogP contribution < -0.4 is 5.14 Å². The van der Waals surface area contributed by atoms with Crippen molar-refractivity contribution in [3.8, 4) is 0 Å². The maximum Gasteiger partial charge on any atom is 0.237 e. The van der Waals surface area contributed by atoms with Crippen molar-refractivity contribution in [1.29, 1.82) is 0 Å². The van der Waals surface area contributed by atoms with Crippen molar-refractivity contribution in [3.05, 3.63) is 35.8 Å². The molecule has 62 valence electrons. The van der Waals surface area contributed by atoms with E-state index in [-0.39, 0.29) is 4.91 Å². The Hall–Kier alpha value is -0.870. The van der Waals surface area contributed by atoms with E-state index in [0.717, 1.165) is 0 Å². The highest BCUT2D eigenvalue weighted by Crippen LogP contribution is 2.02. The Kier molecular flexibility index (Phi) is 3.78. The molecule has 0 fully saturated rings. The van der Waals surface area contributed by atoms with Gasteiger partial charge in [0.2, 0.25) is 10.0 Å². The molecular formula is C7H11NO2S. The van der Waals surface area contributed by atoms with Gasteiger partial charge in [-0.2, -0.15) is 0 Å². The first kappa shape index (κ1) is 10.1. The summed E-state index contributed by atoms with van der Waals surface area (Å²) in [4.78, 5) is 0.0948. The summed E-state index contributed by atoms with van der Waals surface area (Å²) in [6.45, 7) is 5.00. The van der Waals surface area contributed by atoms with Crippen LogP contribution in [0, 0.1) is 0 Å². The Morgan fingerprint density at radius 2 is 2.09 bits per heavy atom. The van der Waals surface area contributed by atoms with Gasteiger partial charge in [-0.05, 0) is 13.0 Å². The lowest BCUT2D eigenvalue weighted by Crippen LogP contribution is -2.12. The third-order valence-corrected chi connectivity index (χ3v) is 2.04. The van der Waals surface area contributed by atoms with Crippen molar-refractivity contribution >= 4 is 10.0 Å². The number of rotatable bonds is 3. The first-order chi connectivity index (χ1) is 5.02. The van der Waals surface area contributed by atoms with Gasteiger partial charge in [0.1, 0.15) is 0 Å². The van der Waals surface area contributed by atoms with Gasteiger partial charge in [-0.15, -0.1) is 0 Å². The van der Waals surface area contributed by atoms with Crippen molar-refractivity contribution in [3.63, 3.8) is 0 Å². The van der Waals surface area contributed by atoms with Gasteiger partial charge in [-0.25, -0.2) is 13.6 Å². The zero-order chi connectivity index (χ0) is 8.91. The average molecular weight is 173 g/mol. The zero-order valence-corrected chi connectivity index (χ0v) is 7.14. The van der Waals surface area contributed by atoms with Crippen molar-refractivity contribution in [1.82, 2.24) is 0 Å². The van der Waals surface area contributed by atoms with Gasteiger partial charge in [0.25, 0.3) is 0 Å². The Bertz CT molecular complexity index is 286. The summed E-state index contributed by atoms with van der Waals surface area (Å²) in [7, 11) is -3.56. The average Bonchev–Trinajstić information content (AvgIpc) is 1.87. The van der Waals surface area contributed by atoms with Crippen molar-refractivity contribution in [2.75, 3.05) is 0 Å². The van der Waals surface area contributed by atoms with Crippen molar-refractivity contribution < 1.29 is 8.42 Å². The van der Waals surface area contributed by atoms with Crippen LogP contribution in [-0.2, 0) is 10.0 Å². The minimum Gasteiger partial charge on any atom is -0.225 e. The van der Waals surface area contributed by atoms with E-state index >= 15 is 0 Å². The fraction of sp³-hybridized carbons (Fsp3) is 0.143. The van der Waals surface area contributed by atoms with Crippen LogP contribution in [0.1, 0.15) is 6.92 Å². The predicted octanol–water partition coefficient (Wildman–Crippen LogP) is 0.921. The quantitative estimate of drug-likeness (QED) is 0.645. The largest absolute Gasteiger partial charge is 0.237 e. The molecule has 0 aliphatic heterocycles. The molecule has 0 aromatic heterocycles. The minimum atomic E-state index is -3.56. The van der Waals surface area contributed by atoms with E-state index in [4.69, 9.17) is 5.14 Å². The topological polar surface area (TPSA) is 60.2 Å². The van der Waals surface area contributed by atoms with E-state index in [2.05, 4.69) is 6.58 Å². The van der Waals surface area contributed by atoms with Gasteiger partial charge in [-0.3, -0.25) is 0 Å². The highest BCUT2D eigenvalue weighted by atomic mass is 32.2. The Morgan fingerprint density at radius 1 is 1.55 bits per heavy atom. The molecule has 3 nitrogen and oxygen atoms in total. The van der Waals surface area contributed by atoms with Crippen LogP contribution >= 0.6 is 0 Å². The van der Waals surface area contributed by atoms with Crippen molar-refractivity contribution in [2.24, 2.45) is 5.14 Å². The fourth-order valence-corrected chi connectivity index (χ4v) is 1.11. The monoisotopic (exact) mass is 173 g/mol. The Labute approximate surface area is 67.0 Å². The smallest absolute Gasteiger partial charge is 0.225 e. The molecule has 0 rings (SSSR count). The number of primary sulfonamides is 1. The second-order valence-corrected chi connectivity index (χ2v) is 3.39. The summed E-state index contributed by atoms with van der Waals surface area (Å²) in [5, 5.41) is 4.85. The van der Waals surface area contributed by atoms with Crippen LogP contribution in [0.2, 0.25) is 0 Å². The lowest BCUT2D eigenvalue weighted by atomic mass is 10.4. The number of sulfonamides is 1. The molecule has 0 spiro atoms. The third kappa shape index (κ3) is 3.75. The molecule has 0 saturated carbocycles. The molecule has 0 aliphatic rings. The van der Waals surface area contributed by atoms with Crippen LogP contribution in [-0.4, -0.2) is 8.42 Å². The number of hydrogen-bond donors (Lipinski definition) is 1. The highest BCUT2D eigenvalue weighted by Gasteiger charge is 2.05. The standard InChI is InChI=1S/C7H11NO2S/c1-3-5-6-7(4-2)11(8,9)10/h3-6H,1H2,2H3,(H2,8,9,10)/b6-5-,7-4+. The molecule has 0 atom stereocenters. The maximum atomic E-state index is 10.7. The summed E-state index contributed by atoms with van der Waals surface area (Å²) < 4.78 is 21.4. The second kappa shape index (κ2) is 4.10. The van der Waals surface area contributed by atoms with E-state index in [1.165, 1.54) is 24.3 Å². The lowest BCUT2D eigenvalue weighted by Gasteiger charge is -1.94. The van der Waals surface area contributed by atoms with Gasteiger partial charge < -0.3 is 0 Å². The number of allylic oxidation sites excluding steroid dienone is 4. The first-order valence-corrected chi connectivity index (χ1v) is 4.55. The molecule has 0 unspecified atom stereocenters. The SMILES string of the molecule is C=C/C=C\C(=C/C)S(N)(=O)=O. The van der Waals surface area contributed by atoms with Crippen LogP contribution in [0.25, 0.3) is 0 Å². The molecule has 0 aromatic rings. The third-order valence-electron chi connectivity index (χ3n) is 1.01. The summed E-state index contributed by atoms with van der Waals surface area (Å²) in [5.41, 5.74) is 0. The molecule has 2 N–H and O–H groups in total.